The number of halogens is 2. The molecule has 0 aliphatic rings. The normalized spacial score (nSPS) is 12.7. The van der Waals surface area contributed by atoms with E-state index in [4.69, 9.17) is 21.1 Å². The highest BCUT2D eigenvalue weighted by atomic mass is 79.9. The van der Waals surface area contributed by atoms with E-state index in [2.05, 4.69) is 25.9 Å². The van der Waals surface area contributed by atoms with Crippen LogP contribution in [0.2, 0.25) is 5.02 Å². The molecule has 7 nitrogen and oxygen atoms in total. The lowest BCUT2D eigenvalue weighted by Crippen LogP contribution is -2.34. The number of carbonyl (C=O) groups excluding carboxylic acids is 2. The summed E-state index contributed by atoms with van der Waals surface area (Å²) >= 11 is 10.8. The number of aromatic amines is 1. The summed E-state index contributed by atoms with van der Waals surface area (Å²) in [5.41, 5.74) is 1.68. The van der Waals surface area contributed by atoms with Gasteiger partial charge >= 0.3 is 0 Å². The molecule has 10 heteroatoms. The summed E-state index contributed by atoms with van der Waals surface area (Å²) in [4.78, 5) is 33.3. The van der Waals surface area contributed by atoms with Gasteiger partial charge in [0.2, 0.25) is 5.78 Å². The molecule has 5 aromatic rings. The van der Waals surface area contributed by atoms with Crippen LogP contribution in [-0.2, 0) is 4.79 Å². The monoisotopic (exact) mass is 593 g/mol. The van der Waals surface area contributed by atoms with Crippen LogP contribution in [-0.4, -0.2) is 27.6 Å². The molecule has 2 atom stereocenters. The van der Waals surface area contributed by atoms with Gasteiger partial charge < -0.3 is 14.5 Å². The van der Waals surface area contributed by atoms with Crippen molar-refractivity contribution in [2.24, 2.45) is 5.92 Å². The lowest BCUT2D eigenvalue weighted by Gasteiger charge is -2.16. The summed E-state index contributed by atoms with van der Waals surface area (Å²) in [5.74, 6) is -1.80. The average molecular weight is 595 g/mol. The Hall–Kier alpha value is -3.71. The Morgan fingerprint density at radius 1 is 1.08 bits per heavy atom. The minimum atomic E-state index is -1.50. The number of aromatic nitrogens is 2. The van der Waals surface area contributed by atoms with Gasteiger partial charge in [-0.1, -0.05) is 38.9 Å². The zero-order valence-corrected chi connectivity index (χ0v) is 22.4. The van der Waals surface area contributed by atoms with Crippen LogP contribution >= 0.6 is 38.9 Å². The van der Waals surface area contributed by atoms with E-state index in [-0.39, 0.29) is 5.69 Å². The molecule has 0 aliphatic heterocycles. The van der Waals surface area contributed by atoms with Crippen molar-refractivity contribution in [3.63, 3.8) is 0 Å². The molecule has 184 valence electrons. The van der Waals surface area contributed by atoms with Crippen molar-refractivity contribution in [3.05, 3.63) is 81.9 Å². The molecule has 0 aliphatic carbocycles. The largest absolute Gasteiger partial charge is 0.483 e. The molecule has 3 aromatic carbocycles. The van der Waals surface area contributed by atoms with Crippen molar-refractivity contribution in [1.29, 1.82) is 5.26 Å². The molecular weight excluding hydrogens is 578 g/mol. The molecule has 0 spiro atoms. The number of rotatable bonds is 8. The van der Waals surface area contributed by atoms with Crippen molar-refractivity contribution in [1.82, 2.24) is 9.97 Å². The first-order valence-corrected chi connectivity index (χ1v) is 13.1. The van der Waals surface area contributed by atoms with E-state index in [9.17, 15) is 14.9 Å². The van der Waals surface area contributed by atoms with Gasteiger partial charge in [-0.05, 0) is 73.7 Å². The molecule has 2 aromatic heterocycles. The summed E-state index contributed by atoms with van der Waals surface area (Å²) in [6, 6.07) is 21.0. The SMILES string of the molecule is CC(Oc1ccc(Oc2nc3cc(Cl)ccc3s2)cc1)C(=O)C(C#N)C(=O)c1cc2cc(Br)ccc2[nH]1. The quantitative estimate of drug-likeness (QED) is 0.149. The molecule has 2 unspecified atom stereocenters. The van der Waals surface area contributed by atoms with Gasteiger partial charge in [0, 0.05) is 20.4 Å². The zero-order chi connectivity index (χ0) is 26.1. The first kappa shape index (κ1) is 25.0. The van der Waals surface area contributed by atoms with Gasteiger partial charge in [0.25, 0.3) is 5.19 Å². The number of H-pyrrole nitrogens is 1. The smallest absolute Gasteiger partial charge is 0.279 e. The van der Waals surface area contributed by atoms with Crippen LogP contribution in [0.15, 0.2) is 71.2 Å². The summed E-state index contributed by atoms with van der Waals surface area (Å²) in [6.07, 6.45) is -1.02. The first-order chi connectivity index (χ1) is 17.8. The Labute approximate surface area is 228 Å². The Bertz CT molecular complexity index is 1690. The molecule has 2 heterocycles. The lowest BCUT2D eigenvalue weighted by atomic mass is 9.95. The van der Waals surface area contributed by atoms with Gasteiger partial charge in [0.05, 0.1) is 22.0 Å². The predicted molar refractivity (Wildman–Crippen MR) is 146 cm³/mol. The van der Waals surface area contributed by atoms with Crippen LogP contribution in [0.5, 0.6) is 16.7 Å². The van der Waals surface area contributed by atoms with Gasteiger partial charge in [-0.15, -0.1) is 0 Å². The Morgan fingerprint density at radius 3 is 2.59 bits per heavy atom. The number of Topliss-reactive ketones (excluding diaryl/α,β-unsaturated/α-hetero) is 2. The Morgan fingerprint density at radius 2 is 1.84 bits per heavy atom. The van der Waals surface area contributed by atoms with E-state index in [0.717, 1.165) is 25.6 Å². The van der Waals surface area contributed by atoms with Crippen molar-refractivity contribution in [2.45, 2.75) is 13.0 Å². The number of nitrogens with one attached hydrogen (secondary N) is 1. The third kappa shape index (κ3) is 5.37. The number of ether oxygens (including phenoxy) is 2. The average Bonchev–Trinajstić information content (AvgIpc) is 3.48. The summed E-state index contributed by atoms with van der Waals surface area (Å²) in [7, 11) is 0. The zero-order valence-electron chi connectivity index (χ0n) is 19.2. The Balaban J connectivity index is 1.24. The number of carbonyl (C=O) groups is 2. The van der Waals surface area contributed by atoms with Gasteiger partial charge in [0.15, 0.2) is 17.8 Å². The van der Waals surface area contributed by atoms with E-state index >= 15 is 0 Å². The van der Waals surface area contributed by atoms with Crippen LogP contribution in [0.25, 0.3) is 21.1 Å². The maximum Gasteiger partial charge on any atom is 0.279 e. The fraction of sp³-hybridized carbons (Fsp3) is 0.111. The lowest BCUT2D eigenvalue weighted by molar-refractivity contribution is -0.126. The number of thiazole rings is 1. The van der Waals surface area contributed by atoms with E-state index in [1.807, 2.05) is 30.3 Å². The standard InChI is InChI=1S/C27H17BrClN3O4S/c1-14(25(33)20(13-30)26(34)23-11-15-10-16(28)2-8-21(15)31-23)35-18-4-6-19(7-5-18)36-27-32-22-12-17(29)3-9-24(22)37-27/h2-12,14,20,31H,1H3. The highest BCUT2D eigenvalue weighted by Crippen LogP contribution is 2.33. The molecule has 0 radical (unpaired) electrons. The summed E-state index contributed by atoms with van der Waals surface area (Å²) in [5, 5.41) is 11.5. The minimum Gasteiger partial charge on any atom is -0.483 e. The molecular formula is C27H17BrClN3O4S. The third-order valence-electron chi connectivity index (χ3n) is 5.60. The van der Waals surface area contributed by atoms with Crippen LogP contribution in [0.4, 0.5) is 0 Å². The number of benzene rings is 3. The topological polar surface area (TPSA) is 105 Å². The van der Waals surface area contributed by atoms with Crippen LogP contribution in [0, 0.1) is 17.2 Å². The number of nitriles is 1. The molecule has 0 amide bonds. The summed E-state index contributed by atoms with van der Waals surface area (Å²) in [6.45, 7) is 1.51. The van der Waals surface area contributed by atoms with E-state index in [1.54, 1.807) is 42.5 Å². The minimum absolute atomic E-state index is 0.193. The van der Waals surface area contributed by atoms with Crippen molar-refractivity contribution in [2.75, 3.05) is 0 Å². The predicted octanol–water partition coefficient (Wildman–Crippen LogP) is 7.34. The third-order valence-corrected chi connectivity index (χ3v) is 7.24. The van der Waals surface area contributed by atoms with Crippen LogP contribution in [0.1, 0.15) is 17.4 Å². The molecule has 0 saturated carbocycles. The molecule has 0 fully saturated rings. The number of hydrogen-bond donors (Lipinski definition) is 1. The van der Waals surface area contributed by atoms with E-state index < -0.39 is 23.6 Å². The number of fused-ring (bicyclic) bond motifs is 2. The Kier molecular flexibility index (Phi) is 6.98. The second-order valence-corrected chi connectivity index (χ2v) is 10.5. The number of hydrogen-bond acceptors (Lipinski definition) is 7. The van der Waals surface area contributed by atoms with Crippen LogP contribution < -0.4 is 9.47 Å². The fourth-order valence-electron chi connectivity index (χ4n) is 3.75. The molecule has 0 bridgehead atoms. The molecule has 0 saturated heterocycles. The van der Waals surface area contributed by atoms with Crippen LogP contribution in [0.3, 0.4) is 0 Å². The maximum atomic E-state index is 13.0. The van der Waals surface area contributed by atoms with Gasteiger partial charge in [-0.3, -0.25) is 9.59 Å². The van der Waals surface area contributed by atoms with Crippen molar-refractivity contribution < 1.29 is 19.1 Å². The maximum absolute atomic E-state index is 13.0. The molecule has 1 N–H and O–H groups in total. The van der Waals surface area contributed by atoms with Gasteiger partial charge in [0.1, 0.15) is 11.5 Å². The van der Waals surface area contributed by atoms with Gasteiger partial charge in [-0.25, -0.2) is 4.98 Å². The highest BCUT2D eigenvalue weighted by Gasteiger charge is 2.33. The van der Waals surface area contributed by atoms with Crippen molar-refractivity contribution in [3.8, 4) is 22.8 Å². The number of ketones is 2. The molecule has 5 rings (SSSR count). The first-order valence-electron chi connectivity index (χ1n) is 11.1. The fourth-order valence-corrected chi connectivity index (χ4v) is 5.11. The second kappa shape index (κ2) is 10.3. The van der Waals surface area contributed by atoms with Gasteiger partial charge in [-0.2, -0.15) is 5.26 Å². The van der Waals surface area contributed by atoms with E-state index in [0.29, 0.717) is 21.7 Å². The number of nitrogens with zero attached hydrogens (tertiary/aromatic N) is 2. The van der Waals surface area contributed by atoms with E-state index in [1.165, 1.54) is 18.3 Å². The molecule has 37 heavy (non-hydrogen) atoms. The summed E-state index contributed by atoms with van der Waals surface area (Å²) < 4.78 is 13.4. The second-order valence-electron chi connectivity index (χ2n) is 8.17. The van der Waals surface area contributed by atoms with Crippen molar-refractivity contribution >= 4 is 71.6 Å². The highest BCUT2D eigenvalue weighted by molar-refractivity contribution is 9.10.